The van der Waals surface area contributed by atoms with Gasteiger partial charge in [-0.25, -0.2) is 8.42 Å². The van der Waals surface area contributed by atoms with E-state index in [4.69, 9.17) is 5.26 Å². The van der Waals surface area contributed by atoms with Gasteiger partial charge in [0.05, 0.1) is 17.4 Å². The van der Waals surface area contributed by atoms with Crippen molar-refractivity contribution in [2.24, 2.45) is 0 Å². The molecule has 21 heavy (non-hydrogen) atoms. The van der Waals surface area contributed by atoms with Gasteiger partial charge >= 0.3 is 0 Å². The Hall–Kier alpha value is -1.87. The molecule has 1 fully saturated rings. The van der Waals surface area contributed by atoms with Gasteiger partial charge < -0.3 is 4.90 Å². The summed E-state index contributed by atoms with van der Waals surface area (Å²) in [5, 5.41) is 7.96. The normalized spacial score (nSPS) is 20.5. The lowest BCUT2D eigenvalue weighted by Crippen LogP contribution is -2.43. The van der Waals surface area contributed by atoms with Gasteiger partial charge in [-0.2, -0.15) is 5.26 Å². The van der Waals surface area contributed by atoms with E-state index in [1.54, 1.807) is 25.2 Å². The van der Waals surface area contributed by atoms with Gasteiger partial charge in [0, 0.05) is 13.6 Å². The zero-order valence-electron chi connectivity index (χ0n) is 11.9. The van der Waals surface area contributed by atoms with Gasteiger partial charge in [0.1, 0.15) is 5.25 Å². The first kappa shape index (κ1) is 15.5. The highest BCUT2D eigenvalue weighted by Crippen LogP contribution is 2.21. The Morgan fingerprint density at radius 3 is 2.86 bits per heavy atom. The minimum absolute atomic E-state index is 0.0984. The van der Waals surface area contributed by atoms with E-state index in [-0.39, 0.29) is 11.7 Å². The lowest BCUT2D eigenvalue weighted by molar-refractivity contribution is -0.130. The maximum absolute atomic E-state index is 12.4. The summed E-state index contributed by atoms with van der Waals surface area (Å²) in [7, 11) is -1.71. The van der Waals surface area contributed by atoms with Crippen LogP contribution in [0.5, 0.6) is 0 Å². The van der Waals surface area contributed by atoms with Crippen molar-refractivity contribution in [3.05, 3.63) is 35.4 Å². The molecule has 1 saturated heterocycles. The van der Waals surface area contributed by atoms with Gasteiger partial charge in [-0.1, -0.05) is 18.6 Å². The average molecular weight is 306 g/mol. The summed E-state index contributed by atoms with van der Waals surface area (Å²) in [6.45, 7) is 0.306. The fraction of sp³-hybridized carbons (Fsp3) is 0.467. The van der Waals surface area contributed by atoms with Crippen molar-refractivity contribution < 1.29 is 13.2 Å². The molecule has 1 heterocycles. The van der Waals surface area contributed by atoms with Crippen LogP contribution >= 0.6 is 0 Å². The molecule has 1 atom stereocenters. The standard InChI is InChI=1S/C15H18N2O3S/c1-17(11-13-6-4-5-12(9-13)10-16)15(18)14-7-2-3-8-21(14,19)20/h4-6,9,14H,2-3,7-8,11H2,1H3. The predicted molar refractivity (Wildman–Crippen MR) is 79.1 cm³/mol. The van der Waals surface area contributed by atoms with Crippen molar-refractivity contribution in [2.45, 2.75) is 31.1 Å². The third kappa shape index (κ3) is 3.61. The second kappa shape index (κ2) is 6.27. The number of benzene rings is 1. The van der Waals surface area contributed by atoms with Crippen LogP contribution in [-0.2, 0) is 21.2 Å². The van der Waals surface area contributed by atoms with Crippen molar-refractivity contribution in [1.29, 1.82) is 5.26 Å². The molecule has 0 aromatic heterocycles. The van der Waals surface area contributed by atoms with Gasteiger partial charge in [-0.3, -0.25) is 4.79 Å². The lowest BCUT2D eigenvalue weighted by Gasteiger charge is -2.26. The quantitative estimate of drug-likeness (QED) is 0.847. The number of nitriles is 1. The summed E-state index contributed by atoms with van der Waals surface area (Å²) in [4.78, 5) is 13.8. The third-order valence-electron chi connectivity index (χ3n) is 3.71. The Morgan fingerprint density at radius 2 is 2.19 bits per heavy atom. The van der Waals surface area contributed by atoms with E-state index in [0.717, 1.165) is 12.0 Å². The number of amides is 1. The van der Waals surface area contributed by atoms with Crippen LogP contribution in [0.2, 0.25) is 0 Å². The third-order valence-corrected chi connectivity index (χ3v) is 5.87. The number of rotatable bonds is 3. The highest BCUT2D eigenvalue weighted by molar-refractivity contribution is 7.92. The molecule has 1 aliphatic heterocycles. The number of carbonyl (C=O) groups is 1. The van der Waals surface area contributed by atoms with E-state index in [2.05, 4.69) is 0 Å². The van der Waals surface area contributed by atoms with Crippen LogP contribution in [0.25, 0.3) is 0 Å². The molecule has 112 valence electrons. The SMILES string of the molecule is CN(Cc1cccc(C#N)c1)C(=O)C1CCCCS1(=O)=O. The van der Waals surface area contributed by atoms with Crippen LogP contribution in [-0.4, -0.2) is 37.3 Å². The first-order valence-electron chi connectivity index (χ1n) is 6.89. The van der Waals surface area contributed by atoms with Crippen LogP contribution in [0.4, 0.5) is 0 Å². The van der Waals surface area contributed by atoms with Gasteiger partial charge in [-0.15, -0.1) is 0 Å². The van der Waals surface area contributed by atoms with Gasteiger partial charge in [0.15, 0.2) is 9.84 Å². The summed E-state index contributed by atoms with van der Waals surface area (Å²) in [6, 6.07) is 9.02. The molecule has 0 spiro atoms. The zero-order valence-corrected chi connectivity index (χ0v) is 12.8. The van der Waals surface area contributed by atoms with E-state index in [9.17, 15) is 13.2 Å². The fourth-order valence-electron chi connectivity index (χ4n) is 2.57. The fourth-order valence-corrected chi connectivity index (χ4v) is 4.47. The Kier molecular flexibility index (Phi) is 4.63. The van der Waals surface area contributed by atoms with E-state index in [1.165, 1.54) is 4.90 Å². The van der Waals surface area contributed by atoms with Crippen molar-refractivity contribution in [1.82, 2.24) is 4.90 Å². The van der Waals surface area contributed by atoms with E-state index in [0.29, 0.717) is 24.9 Å². The summed E-state index contributed by atoms with van der Waals surface area (Å²) >= 11 is 0. The summed E-state index contributed by atoms with van der Waals surface area (Å²) < 4.78 is 24.0. The molecular formula is C15H18N2O3S. The molecule has 0 radical (unpaired) electrons. The second-order valence-corrected chi connectivity index (χ2v) is 7.66. The highest BCUT2D eigenvalue weighted by Gasteiger charge is 2.36. The molecule has 0 bridgehead atoms. The van der Waals surface area contributed by atoms with Crippen molar-refractivity contribution in [3.63, 3.8) is 0 Å². The van der Waals surface area contributed by atoms with Crippen molar-refractivity contribution in [3.8, 4) is 6.07 Å². The molecule has 5 nitrogen and oxygen atoms in total. The molecule has 6 heteroatoms. The first-order chi connectivity index (χ1) is 9.94. The zero-order chi connectivity index (χ0) is 15.5. The largest absolute Gasteiger partial charge is 0.340 e. The van der Waals surface area contributed by atoms with E-state index in [1.807, 2.05) is 12.1 Å². The molecule has 0 aliphatic carbocycles. The molecule has 0 N–H and O–H groups in total. The second-order valence-electron chi connectivity index (χ2n) is 5.36. The van der Waals surface area contributed by atoms with E-state index < -0.39 is 15.1 Å². The van der Waals surface area contributed by atoms with E-state index >= 15 is 0 Å². The lowest BCUT2D eigenvalue weighted by atomic mass is 10.1. The number of nitrogens with zero attached hydrogens (tertiary/aromatic N) is 2. The molecule has 1 aromatic carbocycles. The van der Waals surface area contributed by atoms with Crippen LogP contribution in [0.3, 0.4) is 0 Å². The molecule has 1 aliphatic rings. The Balaban J connectivity index is 2.10. The maximum Gasteiger partial charge on any atom is 0.240 e. The molecular weight excluding hydrogens is 288 g/mol. The smallest absolute Gasteiger partial charge is 0.240 e. The Morgan fingerprint density at radius 1 is 1.43 bits per heavy atom. The minimum atomic E-state index is -3.32. The number of sulfone groups is 1. The minimum Gasteiger partial charge on any atom is -0.340 e. The van der Waals surface area contributed by atoms with Crippen molar-refractivity contribution in [2.75, 3.05) is 12.8 Å². The van der Waals surface area contributed by atoms with Crippen molar-refractivity contribution >= 4 is 15.7 Å². The topological polar surface area (TPSA) is 78.2 Å². The van der Waals surface area contributed by atoms with Crippen LogP contribution in [0.1, 0.15) is 30.4 Å². The van der Waals surface area contributed by atoms with Gasteiger partial charge in [0.2, 0.25) is 5.91 Å². The van der Waals surface area contributed by atoms with Crippen LogP contribution in [0.15, 0.2) is 24.3 Å². The summed E-state index contributed by atoms with van der Waals surface area (Å²) in [6.07, 6.45) is 1.82. The van der Waals surface area contributed by atoms with Crippen LogP contribution < -0.4 is 0 Å². The Labute approximate surface area is 125 Å². The predicted octanol–water partition coefficient (Wildman–Crippen LogP) is 1.48. The number of carbonyl (C=O) groups excluding carboxylic acids is 1. The average Bonchev–Trinajstić information content (AvgIpc) is 2.46. The highest BCUT2D eigenvalue weighted by atomic mass is 32.2. The molecule has 1 aromatic rings. The molecule has 2 rings (SSSR count). The monoisotopic (exact) mass is 306 g/mol. The first-order valence-corrected chi connectivity index (χ1v) is 8.61. The number of hydrogen-bond acceptors (Lipinski definition) is 4. The van der Waals surface area contributed by atoms with Gasteiger partial charge in [0.25, 0.3) is 0 Å². The molecule has 0 saturated carbocycles. The number of hydrogen-bond donors (Lipinski definition) is 0. The Bertz CT molecular complexity index is 676. The van der Waals surface area contributed by atoms with Gasteiger partial charge in [-0.05, 0) is 30.5 Å². The summed E-state index contributed by atoms with van der Waals surface area (Å²) in [5.41, 5.74) is 1.34. The maximum atomic E-state index is 12.4. The van der Waals surface area contributed by atoms with Crippen LogP contribution in [0, 0.1) is 11.3 Å². The molecule has 1 unspecified atom stereocenters. The summed E-state index contributed by atoms with van der Waals surface area (Å²) in [5.74, 6) is -0.252. The molecule has 1 amide bonds.